The molecule has 1 rings (SSSR count). The second-order valence-corrected chi connectivity index (χ2v) is 4.76. The van der Waals surface area contributed by atoms with Crippen molar-refractivity contribution in [3.8, 4) is 0 Å². The lowest BCUT2D eigenvalue weighted by Crippen LogP contribution is -2.41. The molecule has 1 aromatic rings. The highest BCUT2D eigenvalue weighted by molar-refractivity contribution is 7.98. The zero-order chi connectivity index (χ0) is 14.4. The average molecular weight is 289 g/mol. The Labute approximate surface area is 113 Å². The van der Waals surface area contributed by atoms with Crippen LogP contribution < -0.4 is 5.32 Å². The first-order valence-electron chi connectivity index (χ1n) is 5.43. The molecule has 0 bridgehead atoms. The lowest BCUT2D eigenvalue weighted by atomic mass is 10.1. The van der Waals surface area contributed by atoms with Crippen molar-refractivity contribution in [1.29, 1.82) is 0 Å². The molecule has 0 spiro atoms. The van der Waals surface area contributed by atoms with Gasteiger partial charge in [0, 0.05) is 0 Å². The zero-order valence-electron chi connectivity index (χ0n) is 10.2. The average Bonchev–Trinajstić information content (AvgIpc) is 2.36. The second kappa shape index (κ2) is 7.08. The van der Waals surface area contributed by atoms with Crippen molar-refractivity contribution in [3.05, 3.63) is 35.4 Å². The zero-order valence-corrected chi connectivity index (χ0v) is 11.0. The van der Waals surface area contributed by atoms with Crippen LogP contribution in [0.15, 0.2) is 18.2 Å². The molecule has 0 aromatic heterocycles. The SMILES string of the molecule is CSCC[C@@H](NC(=O)c1cc(F)ccc1F)C(=O)O. The summed E-state index contributed by atoms with van der Waals surface area (Å²) in [5.41, 5.74) is -0.504. The van der Waals surface area contributed by atoms with Gasteiger partial charge in [0.25, 0.3) is 5.91 Å². The van der Waals surface area contributed by atoms with Crippen LogP contribution in [0.2, 0.25) is 0 Å². The van der Waals surface area contributed by atoms with Crippen LogP contribution in [0.5, 0.6) is 0 Å². The van der Waals surface area contributed by atoms with Crippen LogP contribution in [0.4, 0.5) is 8.78 Å². The van der Waals surface area contributed by atoms with Crippen molar-refractivity contribution in [2.45, 2.75) is 12.5 Å². The minimum absolute atomic E-state index is 0.208. The first-order valence-corrected chi connectivity index (χ1v) is 6.82. The van der Waals surface area contributed by atoms with Gasteiger partial charge in [-0.3, -0.25) is 4.79 Å². The Morgan fingerprint density at radius 2 is 2.11 bits per heavy atom. The van der Waals surface area contributed by atoms with Crippen LogP contribution in [0.1, 0.15) is 16.8 Å². The number of carboxylic acid groups (broad SMARTS) is 1. The number of rotatable bonds is 6. The molecule has 2 N–H and O–H groups in total. The molecule has 1 amide bonds. The van der Waals surface area contributed by atoms with Crippen LogP contribution in [0.25, 0.3) is 0 Å². The third kappa shape index (κ3) is 4.51. The Kier molecular flexibility index (Phi) is 5.75. The van der Waals surface area contributed by atoms with Gasteiger partial charge in [0.05, 0.1) is 5.56 Å². The summed E-state index contributed by atoms with van der Waals surface area (Å²) >= 11 is 1.43. The molecular formula is C12H13F2NO3S. The number of thioether (sulfide) groups is 1. The summed E-state index contributed by atoms with van der Waals surface area (Å²) in [6.45, 7) is 0. The molecule has 1 aromatic carbocycles. The van der Waals surface area contributed by atoms with E-state index in [1.165, 1.54) is 11.8 Å². The summed E-state index contributed by atoms with van der Waals surface area (Å²) < 4.78 is 26.3. The quantitative estimate of drug-likeness (QED) is 0.839. The van der Waals surface area contributed by atoms with E-state index in [9.17, 15) is 18.4 Å². The van der Waals surface area contributed by atoms with Crippen molar-refractivity contribution < 1.29 is 23.5 Å². The minimum Gasteiger partial charge on any atom is -0.480 e. The Morgan fingerprint density at radius 1 is 1.42 bits per heavy atom. The Bertz CT molecular complexity index is 482. The number of hydrogen-bond donors (Lipinski definition) is 2. The van der Waals surface area contributed by atoms with Gasteiger partial charge in [0.1, 0.15) is 17.7 Å². The molecular weight excluding hydrogens is 276 g/mol. The Hall–Kier alpha value is -1.63. The second-order valence-electron chi connectivity index (χ2n) is 3.77. The molecule has 104 valence electrons. The van der Waals surface area contributed by atoms with E-state index in [2.05, 4.69) is 5.32 Å². The molecule has 0 unspecified atom stereocenters. The van der Waals surface area contributed by atoms with Gasteiger partial charge in [-0.25, -0.2) is 13.6 Å². The fraction of sp³-hybridized carbons (Fsp3) is 0.333. The topological polar surface area (TPSA) is 66.4 Å². The summed E-state index contributed by atoms with van der Waals surface area (Å²) in [6.07, 6.45) is 2.01. The molecule has 0 aliphatic heterocycles. The first kappa shape index (κ1) is 15.4. The molecule has 0 fully saturated rings. The van der Waals surface area contributed by atoms with E-state index in [4.69, 9.17) is 5.11 Å². The maximum absolute atomic E-state index is 13.3. The largest absolute Gasteiger partial charge is 0.480 e. The summed E-state index contributed by atoms with van der Waals surface area (Å²) in [7, 11) is 0. The highest BCUT2D eigenvalue weighted by Gasteiger charge is 2.22. The Balaban J connectivity index is 2.81. The van der Waals surface area contributed by atoms with Gasteiger partial charge in [-0.2, -0.15) is 11.8 Å². The lowest BCUT2D eigenvalue weighted by molar-refractivity contribution is -0.139. The van der Waals surface area contributed by atoms with E-state index < -0.39 is 35.1 Å². The van der Waals surface area contributed by atoms with Crippen molar-refractivity contribution in [1.82, 2.24) is 5.32 Å². The van der Waals surface area contributed by atoms with Gasteiger partial charge < -0.3 is 10.4 Å². The summed E-state index contributed by atoms with van der Waals surface area (Å²) in [5.74, 6) is -3.27. The number of halogens is 2. The molecule has 0 heterocycles. The van der Waals surface area contributed by atoms with Gasteiger partial charge in [0.2, 0.25) is 0 Å². The summed E-state index contributed by atoms with van der Waals surface area (Å²) in [6, 6.07) is 1.32. The smallest absolute Gasteiger partial charge is 0.326 e. The van der Waals surface area contributed by atoms with Gasteiger partial charge in [-0.15, -0.1) is 0 Å². The van der Waals surface area contributed by atoms with Crippen molar-refractivity contribution in [3.63, 3.8) is 0 Å². The van der Waals surface area contributed by atoms with E-state index in [0.29, 0.717) is 5.75 Å². The van der Waals surface area contributed by atoms with E-state index >= 15 is 0 Å². The maximum atomic E-state index is 13.3. The number of amides is 1. The van der Waals surface area contributed by atoms with Gasteiger partial charge >= 0.3 is 5.97 Å². The minimum atomic E-state index is -1.21. The molecule has 0 saturated heterocycles. The molecule has 0 radical (unpaired) electrons. The number of hydrogen-bond acceptors (Lipinski definition) is 3. The van der Waals surface area contributed by atoms with Gasteiger partial charge in [-0.1, -0.05) is 0 Å². The Morgan fingerprint density at radius 3 is 2.68 bits per heavy atom. The number of carbonyl (C=O) groups excluding carboxylic acids is 1. The third-order valence-corrected chi connectivity index (χ3v) is 3.03. The van der Waals surface area contributed by atoms with Crippen LogP contribution >= 0.6 is 11.8 Å². The van der Waals surface area contributed by atoms with Crippen LogP contribution in [0.3, 0.4) is 0 Å². The molecule has 1 atom stereocenters. The van der Waals surface area contributed by atoms with Crippen LogP contribution in [0, 0.1) is 11.6 Å². The van der Waals surface area contributed by atoms with E-state index in [0.717, 1.165) is 18.2 Å². The normalized spacial score (nSPS) is 11.9. The van der Waals surface area contributed by atoms with E-state index in [-0.39, 0.29) is 6.42 Å². The maximum Gasteiger partial charge on any atom is 0.326 e. The monoisotopic (exact) mass is 289 g/mol. The van der Waals surface area contributed by atoms with Crippen LogP contribution in [-0.2, 0) is 4.79 Å². The van der Waals surface area contributed by atoms with Crippen molar-refractivity contribution >= 4 is 23.6 Å². The standard InChI is InChI=1S/C12H13F2NO3S/c1-19-5-4-10(12(17)18)15-11(16)8-6-7(13)2-3-9(8)14/h2-3,6,10H,4-5H2,1H3,(H,15,16)(H,17,18)/t10-/m1/s1. The number of carboxylic acids is 1. The van der Waals surface area contributed by atoms with E-state index in [1.54, 1.807) is 6.26 Å². The molecule has 0 saturated carbocycles. The number of nitrogens with one attached hydrogen (secondary N) is 1. The fourth-order valence-electron chi connectivity index (χ4n) is 1.40. The summed E-state index contributed by atoms with van der Waals surface area (Å²) in [4.78, 5) is 22.6. The number of benzene rings is 1. The highest BCUT2D eigenvalue weighted by atomic mass is 32.2. The predicted molar refractivity (Wildman–Crippen MR) is 68.2 cm³/mol. The molecule has 19 heavy (non-hydrogen) atoms. The van der Waals surface area contributed by atoms with Crippen LogP contribution in [-0.4, -0.2) is 35.0 Å². The molecule has 4 nitrogen and oxygen atoms in total. The van der Waals surface area contributed by atoms with Gasteiger partial charge in [0.15, 0.2) is 0 Å². The number of carbonyl (C=O) groups is 2. The molecule has 0 aliphatic carbocycles. The van der Waals surface area contributed by atoms with Crippen molar-refractivity contribution in [2.75, 3.05) is 12.0 Å². The molecule has 0 aliphatic rings. The predicted octanol–water partition coefficient (Wildman–Crippen LogP) is 1.90. The van der Waals surface area contributed by atoms with Gasteiger partial charge in [-0.05, 0) is 36.6 Å². The fourth-order valence-corrected chi connectivity index (χ4v) is 1.87. The number of aliphatic carboxylic acids is 1. The van der Waals surface area contributed by atoms with Crippen molar-refractivity contribution in [2.24, 2.45) is 0 Å². The third-order valence-electron chi connectivity index (χ3n) is 2.39. The summed E-state index contributed by atoms with van der Waals surface area (Å²) in [5, 5.41) is 11.1. The first-order chi connectivity index (χ1) is 8.95. The highest BCUT2D eigenvalue weighted by Crippen LogP contribution is 2.10. The molecule has 7 heteroatoms. The lowest BCUT2D eigenvalue weighted by Gasteiger charge is -2.14. The van der Waals surface area contributed by atoms with E-state index in [1.807, 2.05) is 0 Å².